The maximum absolute atomic E-state index is 5.42. The van der Waals surface area contributed by atoms with E-state index in [2.05, 4.69) is 61.5 Å². The molecule has 0 radical (unpaired) electrons. The standard InChI is InChI=1S/C27H25N3OS2/c1-16-14-22(18(3)32-16)25-26(23-15-17(2)33-19(23)4)30(20-9-11-21(31-5)12-10-20)27(29-25)24-8-6-7-13-28-24/h6-15H,1-5H3. The molecule has 166 valence electrons. The Bertz CT molecular complexity index is 1430. The fourth-order valence-electron chi connectivity index (χ4n) is 4.24. The van der Waals surface area contributed by atoms with Crippen molar-refractivity contribution in [3.8, 4) is 45.5 Å². The van der Waals surface area contributed by atoms with Crippen molar-refractivity contribution >= 4 is 22.7 Å². The van der Waals surface area contributed by atoms with Crippen LogP contribution in [0.2, 0.25) is 0 Å². The Morgan fingerprint density at radius 1 is 0.818 bits per heavy atom. The molecule has 4 aromatic heterocycles. The molecule has 0 saturated heterocycles. The number of rotatable bonds is 5. The summed E-state index contributed by atoms with van der Waals surface area (Å²) in [6, 6.07) is 18.6. The van der Waals surface area contributed by atoms with Gasteiger partial charge in [0, 0.05) is 42.5 Å². The highest BCUT2D eigenvalue weighted by molar-refractivity contribution is 7.12. The Morgan fingerprint density at radius 3 is 2.03 bits per heavy atom. The molecule has 0 fully saturated rings. The first-order chi connectivity index (χ1) is 16.0. The first-order valence-electron chi connectivity index (χ1n) is 10.8. The van der Waals surface area contributed by atoms with Crippen LogP contribution in [0.3, 0.4) is 0 Å². The number of ether oxygens (including phenoxy) is 1. The van der Waals surface area contributed by atoms with E-state index in [1.54, 1.807) is 7.11 Å². The zero-order valence-electron chi connectivity index (χ0n) is 19.3. The zero-order chi connectivity index (χ0) is 23.1. The maximum atomic E-state index is 5.42. The summed E-state index contributed by atoms with van der Waals surface area (Å²) in [7, 11) is 1.69. The summed E-state index contributed by atoms with van der Waals surface area (Å²) in [5, 5.41) is 0. The largest absolute Gasteiger partial charge is 0.497 e. The van der Waals surface area contributed by atoms with Crippen LogP contribution in [0.4, 0.5) is 0 Å². The molecule has 5 aromatic rings. The van der Waals surface area contributed by atoms with E-state index < -0.39 is 0 Å². The van der Waals surface area contributed by atoms with E-state index in [9.17, 15) is 0 Å². The summed E-state index contributed by atoms with van der Waals surface area (Å²) in [4.78, 5) is 15.0. The average molecular weight is 472 g/mol. The summed E-state index contributed by atoms with van der Waals surface area (Å²) >= 11 is 3.63. The van der Waals surface area contributed by atoms with E-state index in [-0.39, 0.29) is 0 Å². The molecular formula is C27H25N3OS2. The van der Waals surface area contributed by atoms with Crippen molar-refractivity contribution in [2.75, 3.05) is 7.11 Å². The van der Waals surface area contributed by atoms with Crippen molar-refractivity contribution in [2.45, 2.75) is 27.7 Å². The lowest BCUT2D eigenvalue weighted by atomic mass is 10.1. The van der Waals surface area contributed by atoms with E-state index in [0.717, 1.165) is 34.3 Å². The van der Waals surface area contributed by atoms with E-state index in [1.165, 1.54) is 30.6 Å². The zero-order valence-corrected chi connectivity index (χ0v) is 21.0. The first-order valence-corrected chi connectivity index (χ1v) is 12.4. The fraction of sp³-hybridized carbons (Fsp3) is 0.185. The Hall–Kier alpha value is -3.22. The number of aryl methyl sites for hydroxylation is 4. The normalized spacial score (nSPS) is 11.2. The van der Waals surface area contributed by atoms with Crippen LogP contribution in [0.1, 0.15) is 19.5 Å². The third-order valence-corrected chi connectivity index (χ3v) is 7.63. The SMILES string of the molecule is COc1ccc(-n2c(-c3ccccn3)nc(-c3cc(C)sc3C)c2-c2cc(C)sc2C)cc1. The predicted octanol–water partition coefficient (Wildman–Crippen LogP) is 7.63. The molecule has 0 aliphatic carbocycles. The number of thiophene rings is 2. The van der Waals surface area contributed by atoms with Gasteiger partial charge in [0.15, 0.2) is 5.82 Å². The van der Waals surface area contributed by atoms with Crippen molar-refractivity contribution in [1.29, 1.82) is 0 Å². The van der Waals surface area contributed by atoms with Gasteiger partial charge < -0.3 is 4.74 Å². The summed E-state index contributed by atoms with van der Waals surface area (Å²) in [5.41, 5.74) is 6.35. The maximum Gasteiger partial charge on any atom is 0.164 e. The van der Waals surface area contributed by atoms with Gasteiger partial charge in [-0.1, -0.05) is 6.07 Å². The molecule has 0 unspecified atom stereocenters. The van der Waals surface area contributed by atoms with Gasteiger partial charge in [-0.25, -0.2) is 4.98 Å². The van der Waals surface area contributed by atoms with Gasteiger partial charge in [-0.3, -0.25) is 9.55 Å². The van der Waals surface area contributed by atoms with Crippen LogP contribution in [0.5, 0.6) is 5.75 Å². The number of benzene rings is 1. The van der Waals surface area contributed by atoms with Crippen LogP contribution in [0.15, 0.2) is 60.8 Å². The van der Waals surface area contributed by atoms with Gasteiger partial charge in [0.2, 0.25) is 0 Å². The number of methoxy groups -OCH3 is 1. The molecule has 0 N–H and O–H groups in total. The molecule has 0 aliphatic heterocycles. The Morgan fingerprint density at radius 2 is 1.48 bits per heavy atom. The average Bonchev–Trinajstić information content (AvgIpc) is 3.47. The summed E-state index contributed by atoms with van der Waals surface area (Å²) in [6.07, 6.45) is 1.82. The third kappa shape index (κ3) is 3.90. The smallest absolute Gasteiger partial charge is 0.164 e. The van der Waals surface area contributed by atoms with Crippen molar-refractivity contribution in [3.05, 3.63) is 80.3 Å². The first kappa shape index (κ1) is 21.6. The Labute approximate surface area is 202 Å². The molecule has 4 nitrogen and oxygen atoms in total. The lowest BCUT2D eigenvalue weighted by molar-refractivity contribution is 0.415. The van der Waals surface area contributed by atoms with Gasteiger partial charge in [-0.05, 0) is 76.2 Å². The Kier molecular flexibility index (Phi) is 5.64. The third-order valence-electron chi connectivity index (χ3n) is 5.69. The van der Waals surface area contributed by atoms with Gasteiger partial charge in [-0.15, -0.1) is 22.7 Å². The molecular weight excluding hydrogens is 446 g/mol. The molecule has 1 aromatic carbocycles. The molecule has 0 amide bonds. The monoisotopic (exact) mass is 471 g/mol. The van der Waals surface area contributed by atoms with E-state index in [4.69, 9.17) is 9.72 Å². The van der Waals surface area contributed by atoms with E-state index in [0.29, 0.717) is 0 Å². The number of hydrogen-bond acceptors (Lipinski definition) is 5. The lowest BCUT2D eigenvalue weighted by Gasteiger charge is -2.14. The molecule has 0 atom stereocenters. The van der Waals surface area contributed by atoms with Crippen LogP contribution in [0, 0.1) is 27.7 Å². The summed E-state index contributed by atoms with van der Waals surface area (Å²) in [6.45, 7) is 8.68. The number of imidazole rings is 1. The molecule has 5 rings (SSSR count). The van der Waals surface area contributed by atoms with Gasteiger partial charge in [-0.2, -0.15) is 0 Å². The van der Waals surface area contributed by atoms with Crippen LogP contribution in [0.25, 0.3) is 39.7 Å². The van der Waals surface area contributed by atoms with Crippen molar-refractivity contribution in [3.63, 3.8) is 0 Å². The van der Waals surface area contributed by atoms with Crippen LogP contribution in [-0.4, -0.2) is 21.6 Å². The van der Waals surface area contributed by atoms with Crippen LogP contribution < -0.4 is 4.74 Å². The molecule has 33 heavy (non-hydrogen) atoms. The predicted molar refractivity (Wildman–Crippen MR) is 139 cm³/mol. The topological polar surface area (TPSA) is 39.9 Å². The minimum atomic E-state index is 0.826. The van der Waals surface area contributed by atoms with Crippen molar-refractivity contribution in [2.24, 2.45) is 0 Å². The highest BCUT2D eigenvalue weighted by atomic mass is 32.1. The van der Waals surface area contributed by atoms with E-state index >= 15 is 0 Å². The number of aromatic nitrogens is 3. The van der Waals surface area contributed by atoms with Gasteiger partial charge in [0.1, 0.15) is 11.4 Å². The second-order valence-electron chi connectivity index (χ2n) is 8.03. The highest BCUT2D eigenvalue weighted by Crippen LogP contribution is 2.43. The number of nitrogens with zero attached hydrogens (tertiary/aromatic N) is 3. The highest BCUT2D eigenvalue weighted by Gasteiger charge is 2.26. The van der Waals surface area contributed by atoms with Crippen molar-refractivity contribution in [1.82, 2.24) is 14.5 Å². The van der Waals surface area contributed by atoms with Crippen LogP contribution in [-0.2, 0) is 0 Å². The quantitative estimate of drug-likeness (QED) is 0.264. The minimum Gasteiger partial charge on any atom is -0.497 e. The number of hydrogen-bond donors (Lipinski definition) is 0. The molecule has 6 heteroatoms. The molecule has 4 heterocycles. The van der Waals surface area contributed by atoms with Gasteiger partial charge >= 0.3 is 0 Å². The van der Waals surface area contributed by atoms with E-state index in [1.807, 2.05) is 59.2 Å². The van der Waals surface area contributed by atoms with Crippen molar-refractivity contribution < 1.29 is 4.74 Å². The van der Waals surface area contributed by atoms with Gasteiger partial charge in [0.05, 0.1) is 18.5 Å². The fourth-order valence-corrected chi connectivity index (χ4v) is 6.09. The molecule has 0 aliphatic rings. The molecule has 0 saturated carbocycles. The van der Waals surface area contributed by atoms with Gasteiger partial charge in [0.25, 0.3) is 0 Å². The molecule has 0 bridgehead atoms. The lowest BCUT2D eigenvalue weighted by Crippen LogP contribution is -2.01. The Balaban J connectivity index is 1.90. The second-order valence-corrected chi connectivity index (χ2v) is 11.0. The summed E-state index contributed by atoms with van der Waals surface area (Å²) < 4.78 is 7.66. The molecule has 0 spiro atoms. The number of pyridine rings is 1. The van der Waals surface area contributed by atoms with Crippen LogP contribution >= 0.6 is 22.7 Å². The summed E-state index contributed by atoms with van der Waals surface area (Å²) in [5.74, 6) is 1.66. The second kappa shape index (κ2) is 8.61. The minimum absolute atomic E-state index is 0.826.